The summed E-state index contributed by atoms with van der Waals surface area (Å²) >= 11 is 0. The first-order valence-corrected chi connectivity index (χ1v) is 8.33. The molecule has 0 bridgehead atoms. The van der Waals surface area contributed by atoms with E-state index in [1.54, 1.807) is 6.20 Å². The number of H-pyrrole nitrogens is 1. The minimum atomic E-state index is -1.50. The number of aromatic amines is 1. The second kappa shape index (κ2) is 6.06. The lowest BCUT2D eigenvalue weighted by Gasteiger charge is -2.22. The van der Waals surface area contributed by atoms with Crippen molar-refractivity contribution in [3.8, 4) is 11.3 Å². The molecule has 0 radical (unpaired) electrons. The standard InChI is InChI=1S/C18H17F3N4/c19-12-6-10(7-13(20)15(12)21)16-14-17(25-24-16)11(8-23-18(14)22)9-4-2-1-3-5-9/h6-9H,1-5H2,(H2,22,23)(H,24,25). The van der Waals surface area contributed by atoms with Crippen molar-refractivity contribution in [3.05, 3.63) is 41.3 Å². The molecule has 1 fully saturated rings. The molecule has 7 heteroatoms. The van der Waals surface area contributed by atoms with Gasteiger partial charge in [-0.2, -0.15) is 5.10 Å². The van der Waals surface area contributed by atoms with Crippen LogP contribution in [0.4, 0.5) is 19.0 Å². The van der Waals surface area contributed by atoms with Gasteiger partial charge in [-0.1, -0.05) is 19.3 Å². The normalized spacial score (nSPS) is 15.8. The number of halogens is 3. The van der Waals surface area contributed by atoms with Crippen LogP contribution < -0.4 is 5.73 Å². The molecule has 0 spiro atoms. The molecule has 4 rings (SSSR count). The quantitative estimate of drug-likeness (QED) is 0.663. The zero-order valence-electron chi connectivity index (χ0n) is 13.5. The Hall–Kier alpha value is -2.57. The molecule has 2 aromatic heterocycles. The van der Waals surface area contributed by atoms with Crippen molar-refractivity contribution in [2.24, 2.45) is 0 Å². The minimum Gasteiger partial charge on any atom is -0.383 e. The first-order chi connectivity index (χ1) is 12.1. The number of nitrogen functional groups attached to an aromatic ring is 1. The van der Waals surface area contributed by atoms with E-state index in [-0.39, 0.29) is 11.4 Å². The van der Waals surface area contributed by atoms with Gasteiger partial charge in [-0.25, -0.2) is 18.2 Å². The number of nitrogens with two attached hydrogens (primary N) is 1. The fourth-order valence-corrected chi connectivity index (χ4v) is 3.69. The number of anilines is 1. The lowest BCUT2D eigenvalue weighted by Crippen LogP contribution is -2.06. The van der Waals surface area contributed by atoms with Crippen molar-refractivity contribution < 1.29 is 13.2 Å². The number of nitrogens with zero attached hydrogens (tertiary/aromatic N) is 2. The lowest BCUT2D eigenvalue weighted by molar-refractivity contribution is 0.444. The Morgan fingerprint density at radius 1 is 1.04 bits per heavy atom. The summed E-state index contributed by atoms with van der Waals surface area (Å²) < 4.78 is 40.5. The van der Waals surface area contributed by atoms with E-state index in [2.05, 4.69) is 15.2 Å². The van der Waals surface area contributed by atoms with Crippen LogP contribution in [0, 0.1) is 17.5 Å². The summed E-state index contributed by atoms with van der Waals surface area (Å²) in [5.41, 5.74) is 8.16. The third-order valence-electron chi connectivity index (χ3n) is 4.96. The largest absolute Gasteiger partial charge is 0.383 e. The SMILES string of the molecule is Nc1ncc(C2CCCCC2)c2n[nH]c(-c3cc(F)c(F)c(F)c3)c12. The molecule has 3 aromatic rings. The smallest absolute Gasteiger partial charge is 0.194 e. The summed E-state index contributed by atoms with van der Waals surface area (Å²) in [5.74, 6) is -3.44. The summed E-state index contributed by atoms with van der Waals surface area (Å²) in [6.45, 7) is 0. The molecule has 2 heterocycles. The molecule has 130 valence electrons. The second-order valence-corrected chi connectivity index (χ2v) is 6.51. The Balaban J connectivity index is 1.89. The van der Waals surface area contributed by atoms with Crippen molar-refractivity contribution in [3.63, 3.8) is 0 Å². The molecule has 0 amide bonds. The van der Waals surface area contributed by atoms with Crippen molar-refractivity contribution >= 4 is 16.7 Å². The van der Waals surface area contributed by atoms with Gasteiger partial charge >= 0.3 is 0 Å². The molecule has 1 saturated carbocycles. The van der Waals surface area contributed by atoms with Crippen LogP contribution in [0.5, 0.6) is 0 Å². The molecular formula is C18H17F3N4. The van der Waals surface area contributed by atoms with Crippen molar-refractivity contribution in [1.29, 1.82) is 0 Å². The van der Waals surface area contributed by atoms with E-state index in [4.69, 9.17) is 5.73 Å². The van der Waals surface area contributed by atoms with Gasteiger partial charge in [-0.15, -0.1) is 0 Å². The Kier molecular flexibility index (Phi) is 3.86. The molecule has 0 aliphatic heterocycles. The molecule has 0 saturated heterocycles. The monoisotopic (exact) mass is 346 g/mol. The van der Waals surface area contributed by atoms with Crippen LogP contribution >= 0.6 is 0 Å². The number of hydrogen-bond donors (Lipinski definition) is 2. The van der Waals surface area contributed by atoms with Crippen LogP contribution in [0.25, 0.3) is 22.2 Å². The molecule has 25 heavy (non-hydrogen) atoms. The molecule has 1 aliphatic rings. The number of fused-ring (bicyclic) bond motifs is 1. The second-order valence-electron chi connectivity index (χ2n) is 6.51. The molecule has 0 unspecified atom stereocenters. The van der Waals surface area contributed by atoms with Crippen LogP contribution in [0.3, 0.4) is 0 Å². The average molecular weight is 346 g/mol. The van der Waals surface area contributed by atoms with Gasteiger partial charge in [0, 0.05) is 17.3 Å². The maximum Gasteiger partial charge on any atom is 0.194 e. The zero-order chi connectivity index (χ0) is 17.6. The number of nitrogens with one attached hydrogen (secondary N) is 1. The van der Waals surface area contributed by atoms with E-state index in [1.165, 1.54) is 6.42 Å². The van der Waals surface area contributed by atoms with Crippen LogP contribution in [-0.4, -0.2) is 15.2 Å². The first-order valence-electron chi connectivity index (χ1n) is 8.33. The van der Waals surface area contributed by atoms with E-state index in [0.717, 1.165) is 43.4 Å². The highest BCUT2D eigenvalue weighted by molar-refractivity contribution is 6.01. The summed E-state index contributed by atoms with van der Waals surface area (Å²) in [4.78, 5) is 4.26. The number of hydrogen-bond acceptors (Lipinski definition) is 3. The predicted molar refractivity (Wildman–Crippen MR) is 89.4 cm³/mol. The van der Waals surface area contributed by atoms with Gasteiger partial charge < -0.3 is 5.73 Å². The lowest BCUT2D eigenvalue weighted by atomic mass is 9.84. The van der Waals surface area contributed by atoms with E-state index in [1.807, 2.05) is 0 Å². The molecule has 4 nitrogen and oxygen atoms in total. The maximum atomic E-state index is 13.6. The minimum absolute atomic E-state index is 0.146. The van der Waals surface area contributed by atoms with Crippen molar-refractivity contribution in [1.82, 2.24) is 15.2 Å². The van der Waals surface area contributed by atoms with Gasteiger partial charge in [0.05, 0.1) is 11.1 Å². The van der Waals surface area contributed by atoms with Gasteiger partial charge in [0.1, 0.15) is 11.3 Å². The van der Waals surface area contributed by atoms with E-state index in [9.17, 15) is 13.2 Å². The van der Waals surface area contributed by atoms with Gasteiger partial charge in [0.2, 0.25) is 0 Å². The van der Waals surface area contributed by atoms with E-state index >= 15 is 0 Å². The van der Waals surface area contributed by atoms with Gasteiger partial charge in [-0.05, 0) is 30.9 Å². The van der Waals surface area contributed by atoms with Crippen molar-refractivity contribution in [2.75, 3.05) is 5.73 Å². The Morgan fingerprint density at radius 2 is 1.72 bits per heavy atom. The Labute approximate surface area is 142 Å². The summed E-state index contributed by atoms with van der Waals surface area (Å²) in [6.07, 6.45) is 7.39. The number of pyridine rings is 1. The zero-order valence-corrected chi connectivity index (χ0v) is 13.5. The average Bonchev–Trinajstić information content (AvgIpc) is 3.06. The highest BCUT2D eigenvalue weighted by atomic mass is 19.2. The maximum absolute atomic E-state index is 13.6. The number of benzene rings is 1. The predicted octanol–water partition coefficient (Wildman–Crippen LogP) is 4.67. The summed E-state index contributed by atoms with van der Waals surface area (Å²) in [7, 11) is 0. The van der Waals surface area contributed by atoms with Crippen LogP contribution in [0.15, 0.2) is 18.3 Å². The summed E-state index contributed by atoms with van der Waals surface area (Å²) in [6, 6.07) is 1.86. The first kappa shape index (κ1) is 15.9. The number of aromatic nitrogens is 3. The van der Waals surface area contributed by atoms with Crippen LogP contribution in [0.2, 0.25) is 0 Å². The third-order valence-corrected chi connectivity index (χ3v) is 4.96. The van der Waals surface area contributed by atoms with Gasteiger partial charge in [0.15, 0.2) is 17.5 Å². The fourth-order valence-electron chi connectivity index (χ4n) is 3.69. The van der Waals surface area contributed by atoms with Crippen LogP contribution in [0.1, 0.15) is 43.6 Å². The van der Waals surface area contributed by atoms with E-state index in [0.29, 0.717) is 22.5 Å². The topological polar surface area (TPSA) is 67.6 Å². The number of rotatable bonds is 2. The van der Waals surface area contributed by atoms with Crippen LogP contribution in [-0.2, 0) is 0 Å². The van der Waals surface area contributed by atoms with Crippen molar-refractivity contribution in [2.45, 2.75) is 38.0 Å². The van der Waals surface area contributed by atoms with E-state index < -0.39 is 17.5 Å². The van der Waals surface area contributed by atoms with Gasteiger partial charge in [-0.3, -0.25) is 5.10 Å². The molecule has 0 atom stereocenters. The molecule has 1 aliphatic carbocycles. The highest BCUT2D eigenvalue weighted by Gasteiger charge is 2.23. The third kappa shape index (κ3) is 2.63. The summed E-state index contributed by atoms with van der Waals surface area (Å²) in [5, 5.41) is 7.65. The molecule has 3 N–H and O–H groups in total. The molecule has 1 aromatic carbocycles. The Bertz CT molecular complexity index is 922. The highest BCUT2D eigenvalue weighted by Crippen LogP contribution is 2.39. The molecular weight excluding hydrogens is 329 g/mol. The van der Waals surface area contributed by atoms with Gasteiger partial charge in [0.25, 0.3) is 0 Å². The fraction of sp³-hybridized carbons (Fsp3) is 0.333. The Morgan fingerprint density at radius 3 is 2.40 bits per heavy atom.